The molecule has 0 saturated heterocycles. The van der Waals surface area contributed by atoms with Gasteiger partial charge >= 0.3 is 5.97 Å². The Kier molecular flexibility index (Phi) is 7.79. The third-order valence-corrected chi connectivity index (χ3v) is 1.59. The zero-order valence-electron chi connectivity index (χ0n) is 7.01. The summed E-state index contributed by atoms with van der Waals surface area (Å²) < 4.78 is 4.91. The maximum atomic E-state index is 10.8. The molecule has 0 aliphatic heterocycles. The number of thiol groups is 1. The van der Waals surface area contributed by atoms with Crippen molar-refractivity contribution in [2.75, 3.05) is 12.4 Å². The van der Waals surface area contributed by atoms with Gasteiger partial charge in [0.05, 0.1) is 6.61 Å². The number of hydrogen-bond acceptors (Lipinski definition) is 3. The average molecular weight is 176 g/mol. The molecule has 66 valence electrons. The molecule has 0 atom stereocenters. The minimum absolute atomic E-state index is 0.0772. The highest BCUT2D eigenvalue weighted by Gasteiger charge is 1.98. The Morgan fingerprint density at radius 2 is 2.18 bits per heavy atom. The second kappa shape index (κ2) is 7.92. The molecule has 0 aromatic rings. The number of hydrogen-bond donors (Lipinski definition) is 1. The highest BCUT2D eigenvalue weighted by atomic mass is 32.1. The van der Waals surface area contributed by atoms with E-state index in [1.165, 1.54) is 0 Å². The lowest BCUT2D eigenvalue weighted by Gasteiger charge is -2.01. The van der Waals surface area contributed by atoms with Crippen LogP contribution in [0.3, 0.4) is 0 Å². The van der Waals surface area contributed by atoms with Gasteiger partial charge in [-0.1, -0.05) is 6.92 Å². The predicted molar refractivity (Wildman–Crippen MR) is 49.0 cm³/mol. The van der Waals surface area contributed by atoms with E-state index in [-0.39, 0.29) is 5.97 Å². The van der Waals surface area contributed by atoms with Crippen LogP contribution in [0.25, 0.3) is 0 Å². The second-order valence-corrected chi connectivity index (χ2v) is 2.85. The molecule has 0 amide bonds. The van der Waals surface area contributed by atoms with Crippen LogP contribution in [-0.2, 0) is 9.53 Å². The predicted octanol–water partition coefficient (Wildman–Crippen LogP) is 2.04. The van der Waals surface area contributed by atoms with E-state index < -0.39 is 0 Å². The van der Waals surface area contributed by atoms with Gasteiger partial charge in [-0.05, 0) is 25.0 Å². The highest BCUT2D eigenvalue weighted by molar-refractivity contribution is 7.80. The van der Waals surface area contributed by atoms with Crippen LogP contribution in [0.4, 0.5) is 0 Å². The summed E-state index contributed by atoms with van der Waals surface area (Å²) in [4.78, 5) is 10.8. The molecule has 0 rings (SSSR count). The fraction of sp³-hybridized carbons (Fsp3) is 0.875. The van der Waals surface area contributed by atoms with Gasteiger partial charge in [0.15, 0.2) is 0 Å². The lowest BCUT2D eigenvalue weighted by atomic mass is 10.3. The molecule has 0 radical (unpaired) electrons. The molecule has 0 aliphatic carbocycles. The highest BCUT2D eigenvalue weighted by Crippen LogP contribution is 1.95. The lowest BCUT2D eigenvalue weighted by Crippen LogP contribution is -2.04. The molecule has 0 saturated carbocycles. The Labute approximate surface area is 73.7 Å². The van der Waals surface area contributed by atoms with Crippen molar-refractivity contribution in [2.24, 2.45) is 0 Å². The van der Waals surface area contributed by atoms with Gasteiger partial charge in [0.2, 0.25) is 0 Å². The zero-order valence-corrected chi connectivity index (χ0v) is 7.90. The molecule has 0 spiro atoms. The van der Waals surface area contributed by atoms with Crippen LogP contribution < -0.4 is 0 Å². The van der Waals surface area contributed by atoms with Crippen molar-refractivity contribution in [3.8, 4) is 0 Å². The van der Waals surface area contributed by atoms with E-state index in [4.69, 9.17) is 4.74 Å². The molecule has 2 nitrogen and oxygen atoms in total. The average Bonchev–Trinajstić information content (AvgIpc) is 1.99. The van der Waals surface area contributed by atoms with Crippen molar-refractivity contribution in [2.45, 2.75) is 32.6 Å². The van der Waals surface area contributed by atoms with Gasteiger partial charge < -0.3 is 4.74 Å². The minimum Gasteiger partial charge on any atom is -0.466 e. The smallest absolute Gasteiger partial charge is 0.305 e. The summed E-state index contributed by atoms with van der Waals surface area (Å²) in [6.07, 6.45) is 3.35. The molecular formula is C8H16O2S. The van der Waals surface area contributed by atoms with Crippen molar-refractivity contribution in [3.63, 3.8) is 0 Å². The molecular weight excluding hydrogens is 160 g/mol. The summed E-state index contributed by atoms with van der Waals surface area (Å²) in [6, 6.07) is 0. The maximum absolute atomic E-state index is 10.8. The van der Waals surface area contributed by atoms with E-state index >= 15 is 0 Å². The number of carbonyl (C=O) groups is 1. The standard InChI is InChI=1S/C8H16O2S/c1-2-5-8(9)10-6-3-4-7-11/h11H,2-7H2,1H3. The Hall–Kier alpha value is -0.180. The number of ether oxygens (including phenoxy) is 1. The minimum atomic E-state index is -0.0772. The number of esters is 1. The molecule has 0 bridgehead atoms. The van der Waals surface area contributed by atoms with Gasteiger partial charge in [0.1, 0.15) is 0 Å². The molecule has 0 aromatic carbocycles. The van der Waals surface area contributed by atoms with Gasteiger partial charge in [-0.2, -0.15) is 12.6 Å². The largest absolute Gasteiger partial charge is 0.466 e. The molecule has 0 unspecified atom stereocenters. The van der Waals surface area contributed by atoms with E-state index in [0.717, 1.165) is 25.0 Å². The number of carbonyl (C=O) groups excluding carboxylic acids is 1. The third-order valence-electron chi connectivity index (χ3n) is 1.27. The van der Waals surface area contributed by atoms with Crippen molar-refractivity contribution in [1.29, 1.82) is 0 Å². The van der Waals surface area contributed by atoms with Gasteiger partial charge in [-0.25, -0.2) is 0 Å². The first-order valence-corrected chi connectivity index (χ1v) is 4.71. The fourth-order valence-corrected chi connectivity index (χ4v) is 0.900. The van der Waals surface area contributed by atoms with Crippen LogP contribution in [0, 0.1) is 0 Å². The van der Waals surface area contributed by atoms with Gasteiger partial charge in [0, 0.05) is 6.42 Å². The molecule has 0 heterocycles. The first-order valence-electron chi connectivity index (χ1n) is 4.07. The Balaban J connectivity index is 3.04. The summed E-state index contributed by atoms with van der Waals surface area (Å²) in [5, 5.41) is 0. The van der Waals surface area contributed by atoms with Crippen LogP contribution in [0.1, 0.15) is 32.6 Å². The Morgan fingerprint density at radius 1 is 1.45 bits per heavy atom. The lowest BCUT2D eigenvalue weighted by molar-refractivity contribution is -0.143. The van der Waals surface area contributed by atoms with Crippen LogP contribution in [0.5, 0.6) is 0 Å². The molecule has 0 aromatic heterocycles. The molecule has 0 fully saturated rings. The first-order chi connectivity index (χ1) is 5.31. The SMILES string of the molecule is CCCC(=O)OCCCCS. The van der Waals surface area contributed by atoms with Crippen molar-refractivity contribution in [1.82, 2.24) is 0 Å². The summed E-state index contributed by atoms with van der Waals surface area (Å²) in [5.74, 6) is 0.789. The normalized spacial score (nSPS) is 9.64. The second-order valence-electron chi connectivity index (χ2n) is 2.40. The van der Waals surface area contributed by atoms with Crippen LogP contribution in [0.15, 0.2) is 0 Å². The van der Waals surface area contributed by atoms with Crippen LogP contribution in [0.2, 0.25) is 0 Å². The van der Waals surface area contributed by atoms with Gasteiger partial charge in [-0.15, -0.1) is 0 Å². The van der Waals surface area contributed by atoms with Gasteiger partial charge in [-0.3, -0.25) is 4.79 Å². The van der Waals surface area contributed by atoms with Gasteiger partial charge in [0.25, 0.3) is 0 Å². The van der Waals surface area contributed by atoms with Crippen molar-refractivity contribution in [3.05, 3.63) is 0 Å². The molecule has 0 N–H and O–H groups in total. The molecule has 11 heavy (non-hydrogen) atoms. The van der Waals surface area contributed by atoms with Crippen LogP contribution >= 0.6 is 12.6 Å². The quantitative estimate of drug-likeness (QED) is 0.381. The summed E-state index contributed by atoms with van der Waals surface area (Å²) in [6.45, 7) is 2.52. The third kappa shape index (κ3) is 7.72. The Bertz CT molecular complexity index is 104. The maximum Gasteiger partial charge on any atom is 0.305 e. The first kappa shape index (κ1) is 10.8. The monoisotopic (exact) mass is 176 g/mol. The molecule has 0 aliphatic rings. The summed E-state index contributed by atoms with van der Waals surface area (Å²) in [7, 11) is 0. The van der Waals surface area contributed by atoms with E-state index in [1.54, 1.807) is 0 Å². The van der Waals surface area contributed by atoms with Crippen molar-refractivity contribution >= 4 is 18.6 Å². The zero-order chi connectivity index (χ0) is 8.53. The summed E-state index contributed by atoms with van der Waals surface area (Å²) >= 11 is 4.05. The van der Waals surface area contributed by atoms with Crippen LogP contribution in [-0.4, -0.2) is 18.3 Å². The Morgan fingerprint density at radius 3 is 2.73 bits per heavy atom. The van der Waals surface area contributed by atoms with E-state index in [1.807, 2.05) is 6.92 Å². The molecule has 3 heteroatoms. The fourth-order valence-electron chi connectivity index (χ4n) is 0.676. The van der Waals surface area contributed by atoms with E-state index in [0.29, 0.717) is 13.0 Å². The number of unbranched alkanes of at least 4 members (excludes halogenated alkanes) is 1. The van der Waals surface area contributed by atoms with Crippen molar-refractivity contribution < 1.29 is 9.53 Å². The van der Waals surface area contributed by atoms with E-state index in [9.17, 15) is 4.79 Å². The van der Waals surface area contributed by atoms with E-state index in [2.05, 4.69) is 12.6 Å². The summed E-state index contributed by atoms with van der Waals surface area (Å²) in [5.41, 5.74) is 0. The topological polar surface area (TPSA) is 26.3 Å². The number of rotatable bonds is 6.